The SMILES string of the molecule is NC[C@@H]1CCCN(S(=O)(=O)c2cnccn2)C1. The zero-order valence-electron chi connectivity index (χ0n) is 9.49. The van der Waals surface area contributed by atoms with Crippen molar-refractivity contribution in [2.75, 3.05) is 19.6 Å². The molecular weight excluding hydrogens is 240 g/mol. The van der Waals surface area contributed by atoms with Crippen LogP contribution in [0.25, 0.3) is 0 Å². The van der Waals surface area contributed by atoms with Crippen molar-refractivity contribution in [1.82, 2.24) is 14.3 Å². The molecule has 1 atom stereocenters. The quantitative estimate of drug-likeness (QED) is 0.811. The lowest BCUT2D eigenvalue weighted by molar-refractivity contribution is 0.271. The lowest BCUT2D eigenvalue weighted by atomic mass is 10.0. The molecule has 2 N–H and O–H groups in total. The van der Waals surface area contributed by atoms with Crippen LogP contribution in [-0.2, 0) is 10.0 Å². The molecule has 0 radical (unpaired) electrons. The van der Waals surface area contributed by atoms with Crippen LogP contribution in [0.3, 0.4) is 0 Å². The van der Waals surface area contributed by atoms with E-state index in [2.05, 4.69) is 9.97 Å². The minimum absolute atomic E-state index is 0.0117. The Kier molecular flexibility index (Phi) is 3.70. The average molecular weight is 256 g/mol. The third-order valence-corrected chi connectivity index (χ3v) is 4.71. The Labute approximate surface area is 101 Å². The summed E-state index contributed by atoms with van der Waals surface area (Å²) in [5.74, 6) is 0.246. The van der Waals surface area contributed by atoms with Gasteiger partial charge in [0.1, 0.15) is 0 Å². The number of hydrogen-bond acceptors (Lipinski definition) is 5. The van der Waals surface area contributed by atoms with E-state index in [0.717, 1.165) is 12.8 Å². The van der Waals surface area contributed by atoms with Crippen molar-refractivity contribution in [3.63, 3.8) is 0 Å². The molecule has 0 aliphatic carbocycles. The molecule has 1 aliphatic rings. The summed E-state index contributed by atoms with van der Waals surface area (Å²) in [5.41, 5.74) is 5.60. The van der Waals surface area contributed by atoms with Gasteiger partial charge in [0.05, 0.1) is 6.20 Å². The van der Waals surface area contributed by atoms with Crippen molar-refractivity contribution in [2.24, 2.45) is 11.7 Å². The maximum Gasteiger partial charge on any atom is 0.262 e. The van der Waals surface area contributed by atoms with E-state index >= 15 is 0 Å². The van der Waals surface area contributed by atoms with Gasteiger partial charge in [-0.1, -0.05) is 0 Å². The molecule has 0 amide bonds. The lowest BCUT2D eigenvalue weighted by Gasteiger charge is -2.30. The highest BCUT2D eigenvalue weighted by Crippen LogP contribution is 2.21. The van der Waals surface area contributed by atoms with Crippen LogP contribution in [0.2, 0.25) is 0 Å². The molecule has 1 aromatic rings. The fraction of sp³-hybridized carbons (Fsp3) is 0.600. The molecule has 7 heteroatoms. The van der Waals surface area contributed by atoms with E-state index in [1.54, 1.807) is 0 Å². The van der Waals surface area contributed by atoms with Crippen LogP contribution in [0, 0.1) is 5.92 Å². The van der Waals surface area contributed by atoms with E-state index < -0.39 is 10.0 Å². The van der Waals surface area contributed by atoms with Crippen molar-refractivity contribution < 1.29 is 8.42 Å². The molecule has 2 heterocycles. The standard InChI is InChI=1S/C10H16N4O2S/c11-6-9-2-1-5-14(8-9)17(15,16)10-7-12-3-4-13-10/h3-4,7,9H,1-2,5-6,8,11H2/t9-/m0/s1. The Morgan fingerprint density at radius 1 is 1.47 bits per heavy atom. The van der Waals surface area contributed by atoms with Gasteiger partial charge in [-0.2, -0.15) is 4.31 Å². The van der Waals surface area contributed by atoms with E-state index in [-0.39, 0.29) is 10.9 Å². The second-order valence-electron chi connectivity index (χ2n) is 4.15. The minimum Gasteiger partial charge on any atom is -0.330 e. The highest BCUT2D eigenvalue weighted by molar-refractivity contribution is 7.89. The third kappa shape index (κ3) is 2.62. The van der Waals surface area contributed by atoms with Crippen molar-refractivity contribution in [3.05, 3.63) is 18.6 Å². The third-order valence-electron chi connectivity index (χ3n) is 2.96. The smallest absolute Gasteiger partial charge is 0.262 e. The second kappa shape index (κ2) is 5.07. The minimum atomic E-state index is -3.50. The maximum absolute atomic E-state index is 12.2. The van der Waals surface area contributed by atoms with Crippen molar-refractivity contribution in [1.29, 1.82) is 0 Å². The molecule has 1 saturated heterocycles. The zero-order valence-corrected chi connectivity index (χ0v) is 10.3. The Bertz CT molecular complexity index is 462. The summed E-state index contributed by atoms with van der Waals surface area (Å²) in [5, 5.41) is 0.0117. The molecule has 0 bridgehead atoms. The molecule has 1 aromatic heterocycles. The summed E-state index contributed by atoms with van der Waals surface area (Å²) in [7, 11) is -3.50. The molecule has 0 aromatic carbocycles. The van der Waals surface area contributed by atoms with Crippen LogP contribution in [-0.4, -0.2) is 42.3 Å². The molecule has 94 valence electrons. The monoisotopic (exact) mass is 256 g/mol. The van der Waals surface area contributed by atoms with Crippen molar-refractivity contribution in [2.45, 2.75) is 17.9 Å². The molecule has 0 unspecified atom stereocenters. The van der Waals surface area contributed by atoms with E-state index in [9.17, 15) is 8.42 Å². The van der Waals surface area contributed by atoms with Crippen LogP contribution in [0.1, 0.15) is 12.8 Å². The van der Waals surface area contributed by atoms with Gasteiger partial charge < -0.3 is 5.73 Å². The first-order chi connectivity index (χ1) is 8.14. The highest BCUT2D eigenvalue weighted by Gasteiger charge is 2.30. The fourth-order valence-electron chi connectivity index (χ4n) is 1.99. The van der Waals surface area contributed by atoms with Gasteiger partial charge in [-0.25, -0.2) is 13.4 Å². The summed E-state index contributed by atoms with van der Waals surface area (Å²) in [4.78, 5) is 7.65. The second-order valence-corrected chi connectivity index (χ2v) is 6.04. The number of rotatable bonds is 3. The first-order valence-corrected chi connectivity index (χ1v) is 7.05. The molecule has 0 spiro atoms. The summed E-state index contributed by atoms with van der Waals surface area (Å²) in [6, 6.07) is 0. The van der Waals surface area contributed by atoms with Crippen LogP contribution >= 0.6 is 0 Å². The molecular formula is C10H16N4O2S. The number of sulfonamides is 1. The average Bonchev–Trinajstić information content (AvgIpc) is 2.40. The number of nitrogens with two attached hydrogens (primary N) is 1. The van der Waals surface area contributed by atoms with Crippen molar-refractivity contribution in [3.8, 4) is 0 Å². The van der Waals surface area contributed by atoms with Gasteiger partial charge in [0.2, 0.25) is 0 Å². The largest absolute Gasteiger partial charge is 0.330 e. The fourth-order valence-corrected chi connectivity index (χ4v) is 3.42. The first-order valence-electron chi connectivity index (χ1n) is 5.61. The zero-order chi connectivity index (χ0) is 12.3. The van der Waals surface area contributed by atoms with Crippen LogP contribution in [0.5, 0.6) is 0 Å². The van der Waals surface area contributed by atoms with E-state index in [0.29, 0.717) is 19.6 Å². The van der Waals surface area contributed by atoms with E-state index in [4.69, 9.17) is 5.73 Å². The molecule has 1 aliphatic heterocycles. The van der Waals surface area contributed by atoms with Gasteiger partial charge >= 0.3 is 0 Å². The summed E-state index contributed by atoms with van der Waals surface area (Å²) in [6.07, 6.45) is 5.96. The number of piperidine rings is 1. The number of nitrogens with zero attached hydrogens (tertiary/aromatic N) is 3. The Morgan fingerprint density at radius 3 is 2.94 bits per heavy atom. The van der Waals surface area contributed by atoms with Crippen molar-refractivity contribution >= 4 is 10.0 Å². The van der Waals surface area contributed by atoms with Crippen LogP contribution in [0.4, 0.5) is 0 Å². The molecule has 0 saturated carbocycles. The predicted molar refractivity (Wildman–Crippen MR) is 62.6 cm³/mol. The Hall–Kier alpha value is -1.05. The predicted octanol–water partition coefficient (Wildman–Crippen LogP) is -0.164. The van der Waals surface area contributed by atoms with Gasteiger partial charge in [0.25, 0.3) is 10.0 Å². The normalized spacial score (nSPS) is 22.5. The van der Waals surface area contributed by atoms with Gasteiger partial charge in [-0.3, -0.25) is 4.98 Å². The molecule has 17 heavy (non-hydrogen) atoms. The highest BCUT2D eigenvalue weighted by atomic mass is 32.2. The maximum atomic E-state index is 12.2. The Morgan fingerprint density at radius 2 is 2.29 bits per heavy atom. The topological polar surface area (TPSA) is 89.2 Å². The van der Waals surface area contributed by atoms with E-state index in [1.165, 1.54) is 22.9 Å². The van der Waals surface area contributed by atoms with Gasteiger partial charge in [-0.05, 0) is 25.3 Å². The number of aromatic nitrogens is 2. The summed E-state index contributed by atoms with van der Waals surface area (Å²) >= 11 is 0. The number of hydrogen-bond donors (Lipinski definition) is 1. The Balaban J connectivity index is 2.21. The molecule has 2 rings (SSSR count). The first kappa shape index (κ1) is 12.4. The molecule has 1 fully saturated rings. The van der Waals surface area contributed by atoms with Gasteiger partial charge in [-0.15, -0.1) is 0 Å². The van der Waals surface area contributed by atoms with Gasteiger partial charge in [0, 0.05) is 25.5 Å². The molecule has 6 nitrogen and oxygen atoms in total. The van der Waals surface area contributed by atoms with E-state index in [1.807, 2.05) is 0 Å². The summed E-state index contributed by atoms with van der Waals surface area (Å²) in [6.45, 7) is 1.54. The van der Waals surface area contributed by atoms with Crippen LogP contribution < -0.4 is 5.73 Å². The van der Waals surface area contributed by atoms with Crippen LogP contribution in [0.15, 0.2) is 23.6 Å². The lowest BCUT2D eigenvalue weighted by Crippen LogP contribution is -2.42. The van der Waals surface area contributed by atoms with Gasteiger partial charge in [0.15, 0.2) is 5.03 Å². The summed E-state index contributed by atoms with van der Waals surface area (Å²) < 4.78 is 25.9.